The van der Waals surface area contributed by atoms with E-state index in [1.54, 1.807) is 24.3 Å². The Morgan fingerprint density at radius 1 is 1.15 bits per heavy atom. The molecule has 0 aliphatic carbocycles. The second-order valence-corrected chi connectivity index (χ2v) is 6.13. The number of unbranched alkanes of at least 4 members (excludes halogenated alkanes) is 1. The molecule has 0 saturated heterocycles. The maximum absolute atomic E-state index is 12.0. The minimum absolute atomic E-state index is 0.203. The van der Waals surface area contributed by atoms with Crippen molar-refractivity contribution < 1.29 is 14.3 Å². The summed E-state index contributed by atoms with van der Waals surface area (Å²) in [5.41, 5.74) is 3.49. The summed E-state index contributed by atoms with van der Waals surface area (Å²) in [5, 5.41) is 6.70. The molecule has 0 unspecified atom stereocenters. The van der Waals surface area contributed by atoms with Crippen LogP contribution in [0.3, 0.4) is 0 Å². The Labute approximate surface area is 163 Å². The Hall–Kier alpha value is -2.86. The van der Waals surface area contributed by atoms with Crippen molar-refractivity contribution >= 4 is 29.6 Å². The molecule has 0 aliphatic rings. The van der Waals surface area contributed by atoms with Crippen molar-refractivity contribution in [2.24, 2.45) is 5.10 Å². The van der Waals surface area contributed by atoms with Crippen molar-refractivity contribution in [2.45, 2.75) is 19.8 Å². The zero-order chi connectivity index (χ0) is 19.5. The minimum atomic E-state index is -0.439. The van der Waals surface area contributed by atoms with E-state index in [4.69, 9.17) is 16.3 Å². The molecule has 0 bridgehead atoms. The number of nitrogens with one attached hydrogen (secondary N) is 2. The molecule has 0 spiro atoms. The first-order chi connectivity index (χ1) is 13.1. The lowest BCUT2D eigenvalue weighted by molar-refractivity contribution is -0.120. The minimum Gasteiger partial charge on any atom is -0.494 e. The SMILES string of the molecule is CCCCOc1ccc(/C=N/NC(=O)CNC(=O)c2ccccc2Cl)cc1. The molecule has 0 radical (unpaired) electrons. The number of hydrogen-bond donors (Lipinski definition) is 2. The van der Waals surface area contributed by atoms with Crippen molar-refractivity contribution in [2.75, 3.05) is 13.2 Å². The second-order valence-electron chi connectivity index (χ2n) is 5.73. The third-order valence-corrected chi connectivity index (χ3v) is 3.91. The highest BCUT2D eigenvalue weighted by Crippen LogP contribution is 2.14. The van der Waals surface area contributed by atoms with Crippen molar-refractivity contribution in [1.29, 1.82) is 0 Å². The molecule has 0 fully saturated rings. The number of carbonyl (C=O) groups is 2. The highest BCUT2D eigenvalue weighted by Gasteiger charge is 2.10. The average molecular weight is 388 g/mol. The molecular weight excluding hydrogens is 366 g/mol. The number of carbonyl (C=O) groups excluding carboxylic acids is 2. The number of hydrazone groups is 1. The summed E-state index contributed by atoms with van der Waals surface area (Å²) < 4.78 is 5.58. The fourth-order valence-corrected chi connectivity index (χ4v) is 2.33. The molecule has 2 aromatic carbocycles. The van der Waals surface area contributed by atoms with Crippen LogP contribution in [-0.4, -0.2) is 31.2 Å². The highest BCUT2D eigenvalue weighted by atomic mass is 35.5. The van der Waals surface area contributed by atoms with Gasteiger partial charge in [0, 0.05) is 0 Å². The number of hydrogen-bond acceptors (Lipinski definition) is 4. The van der Waals surface area contributed by atoms with E-state index in [0.717, 1.165) is 24.2 Å². The predicted molar refractivity (Wildman–Crippen MR) is 106 cm³/mol. The largest absolute Gasteiger partial charge is 0.494 e. The van der Waals surface area contributed by atoms with E-state index >= 15 is 0 Å². The third kappa shape index (κ3) is 7.11. The number of nitrogens with zero attached hydrogens (tertiary/aromatic N) is 1. The molecule has 2 N–H and O–H groups in total. The van der Waals surface area contributed by atoms with Crippen LogP contribution < -0.4 is 15.5 Å². The second kappa shape index (κ2) is 11.0. The summed E-state index contributed by atoms with van der Waals surface area (Å²) in [6, 6.07) is 14.0. The Morgan fingerprint density at radius 2 is 1.89 bits per heavy atom. The van der Waals surface area contributed by atoms with Gasteiger partial charge in [0.15, 0.2) is 0 Å². The van der Waals surface area contributed by atoms with Gasteiger partial charge in [-0.05, 0) is 48.4 Å². The van der Waals surface area contributed by atoms with Gasteiger partial charge in [0.25, 0.3) is 11.8 Å². The van der Waals surface area contributed by atoms with Gasteiger partial charge < -0.3 is 10.1 Å². The molecule has 2 aromatic rings. The Kier molecular flexibility index (Phi) is 8.32. The van der Waals surface area contributed by atoms with Gasteiger partial charge in [0.05, 0.1) is 30.0 Å². The van der Waals surface area contributed by atoms with Gasteiger partial charge in [-0.25, -0.2) is 5.43 Å². The molecule has 0 saturated carbocycles. The first-order valence-electron chi connectivity index (χ1n) is 8.67. The van der Waals surface area contributed by atoms with E-state index in [9.17, 15) is 9.59 Å². The highest BCUT2D eigenvalue weighted by molar-refractivity contribution is 6.33. The van der Waals surface area contributed by atoms with Gasteiger partial charge in [0.2, 0.25) is 0 Å². The fraction of sp³-hybridized carbons (Fsp3) is 0.250. The molecule has 27 heavy (non-hydrogen) atoms. The predicted octanol–water partition coefficient (Wildman–Crippen LogP) is 3.40. The van der Waals surface area contributed by atoms with Crippen molar-refractivity contribution in [3.05, 3.63) is 64.7 Å². The molecule has 7 heteroatoms. The quantitative estimate of drug-likeness (QED) is 0.393. The van der Waals surface area contributed by atoms with E-state index in [-0.39, 0.29) is 6.54 Å². The van der Waals surface area contributed by atoms with Crippen LogP contribution in [0.4, 0.5) is 0 Å². The lowest BCUT2D eigenvalue weighted by Gasteiger charge is -2.06. The van der Waals surface area contributed by atoms with Crippen molar-refractivity contribution in [3.8, 4) is 5.75 Å². The normalized spacial score (nSPS) is 10.6. The lowest BCUT2D eigenvalue weighted by atomic mass is 10.2. The van der Waals surface area contributed by atoms with Crippen LogP contribution >= 0.6 is 11.6 Å². The summed E-state index contributed by atoms with van der Waals surface area (Å²) in [7, 11) is 0. The molecule has 6 nitrogen and oxygen atoms in total. The van der Waals surface area contributed by atoms with Crippen LogP contribution in [0.1, 0.15) is 35.7 Å². The Morgan fingerprint density at radius 3 is 2.59 bits per heavy atom. The Bertz CT molecular complexity index is 791. The lowest BCUT2D eigenvalue weighted by Crippen LogP contribution is -2.35. The van der Waals surface area contributed by atoms with Crippen molar-refractivity contribution in [1.82, 2.24) is 10.7 Å². The van der Waals surface area contributed by atoms with E-state index in [1.165, 1.54) is 6.21 Å². The van der Waals surface area contributed by atoms with E-state index in [1.807, 2.05) is 24.3 Å². The fourth-order valence-electron chi connectivity index (χ4n) is 2.10. The summed E-state index contributed by atoms with van der Waals surface area (Å²) in [4.78, 5) is 23.7. The maximum Gasteiger partial charge on any atom is 0.259 e. The van der Waals surface area contributed by atoms with Gasteiger partial charge in [-0.2, -0.15) is 5.10 Å². The van der Waals surface area contributed by atoms with Gasteiger partial charge in [-0.3, -0.25) is 9.59 Å². The van der Waals surface area contributed by atoms with Gasteiger partial charge in [0.1, 0.15) is 5.75 Å². The molecule has 2 rings (SSSR count). The smallest absolute Gasteiger partial charge is 0.259 e. The molecule has 142 valence electrons. The zero-order valence-electron chi connectivity index (χ0n) is 15.1. The number of amides is 2. The first-order valence-corrected chi connectivity index (χ1v) is 9.05. The van der Waals surface area contributed by atoms with Crippen molar-refractivity contribution in [3.63, 3.8) is 0 Å². The third-order valence-electron chi connectivity index (χ3n) is 3.58. The molecule has 2 amide bonds. The van der Waals surface area contributed by atoms with Crippen LogP contribution in [0.2, 0.25) is 5.02 Å². The average Bonchev–Trinajstić information content (AvgIpc) is 2.68. The summed E-state index contributed by atoms with van der Waals surface area (Å²) in [5.74, 6) is -0.0588. The van der Waals surface area contributed by atoms with Crippen LogP contribution in [0, 0.1) is 0 Å². The van der Waals surface area contributed by atoms with Crippen LogP contribution in [0.25, 0.3) is 0 Å². The van der Waals surface area contributed by atoms with E-state index in [0.29, 0.717) is 17.2 Å². The van der Waals surface area contributed by atoms with Crippen LogP contribution in [0.15, 0.2) is 53.6 Å². The topological polar surface area (TPSA) is 79.8 Å². The number of ether oxygens (including phenoxy) is 1. The Balaban J connectivity index is 1.74. The number of halogens is 1. The number of benzene rings is 2. The van der Waals surface area contributed by atoms with Gasteiger partial charge in [-0.15, -0.1) is 0 Å². The summed E-state index contributed by atoms with van der Waals surface area (Å²) in [6.07, 6.45) is 3.62. The summed E-state index contributed by atoms with van der Waals surface area (Å²) >= 11 is 5.94. The standard InChI is InChI=1S/C20H22ClN3O3/c1-2-3-12-27-16-10-8-15(9-11-16)13-23-24-19(25)14-22-20(26)17-6-4-5-7-18(17)21/h4-11,13H,2-3,12,14H2,1H3,(H,22,26)(H,24,25)/b23-13+. The zero-order valence-corrected chi connectivity index (χ0v) is 15.8. The summed E-state index contributed by atoms with van der Waals surface area (Å²) in [6.45, 7) is 2.60. The van der Waals surface area contributed by atoms with Crippen LogP contribution in [0.5, 0.6) is 5.75 Å². The molecule has 0 atom stereocenters. The van der Waals surface area contributed by atoms with E-state index in [2.05, 4.69) is 22.8 Å². The first kappa shape index (κ1) is 20.5. The monoisotopic (exact) mass is 387 g/mol. The molecule has 0 aromatic heterocycles. The van der Waals surface area contributed by atoms with E-state index < -0.39 is 11.8 Å². The van der Waals surface area contributed by atoms with Gasteiger partial charge in [-0.1, -0.05) is 37.1 Å². The van der Waals surface area contributed by atoms with Gasteiger partial charge >= 0.3 is 0 Å². The molecule has 0 aliphatic heterocycles. The number of rotatable bonds is 9. The molecule has 0 heterocycles. The maximum atomic E-state index is 12.0. The van der Waals surface area contributed by atoms with Crippen LogP contribution in [-0.2, 0) is 4.79 Å². The molecular formula is C20H22ClN3O3.